The molecule has 0 spiro atoms. The highest BCUT2D eigenvalue weighted by Gasteiger charge is 2.00. The third-order valence-electron chi connectivity index (χ3n) is 3.74. The lowest BCUT2D eigenvalue weighted by molar-refractivity contribution is 0.867. The highest BCUT2D eigenvalue weighted by Crippen LogP contribution is 2.18. The highest BCUT2D eigenvalue weighted by molar-refractivity contribution is 5.78. The van der Waals surface area contributed by atoms with Crippen LogP contribution in [0, 0.1) is 0 Å². The van der Waals surface area contributed by atoms with Gasteiger partial charge in [0.1, 0.15) is 0 Å². The van der Waals surface area contributed by atoms with Crippen LogP contribution in [0.25, 0.3) is 10.9 Å². The van der Waals surface area contributed by atoms with E-state index in [9.17, 15) is 0 Å². The molecule has 1 N–H and O–H groups in total. The van der Waals surface area contributed by atoms with Gasteiger partial charge in [-0.2, -0.15) is 0 Å². The first-order chi connectivity index (χ1) is 10.2. The average molecular weight is 276 g/mol. The summed E-state index contributed by atoms with van der Waals surface area (Å²) in [6, 6.07) is 19.2. The van der Waals surface area contributed by atoms with E-state index in [4.69, 9.17) is 0 Å². The van der Waals surface area contributed by atoms with Crippen LogP contribution in [0.4, 0.5) is 5.69 Å². The monoisotopic (exact) mass is 276 g/mol. The molecule has 0 aliphatic rings. The maximum Gasteiger partial charge on any atom is 0.0702 e. The number of rotatable bonds is 4. The van der Waals surface area contributed by atoms with Crippen LogP contribution < -0.4 is 5.32 Å². The minimum Gasteiger partial charge on any atom is -0.381 e. The zero-order chi connectivity index (χ0) is 14.7. The number of hydrogen-bond donors (Lipinski definition) is 1. The van der Waals surface area contributed by atoms with Gasteiger partial charge in [0.05, 0.1) is 5.52 Å². The van der Waals surface area contributed by atoms with Crippen LogP contribution in [0.5, 0.6) is 0 Å². The summed E-state index contributed by atoms with van der Waals surface area (Å²) in [6.45, 7) is 5.25. The first kappa shape index (κ1) is 13.6. The highest BCUT2D eigenvalue weighted by atomic mass is 14.9. The van der Waals surface area contributed by atoms with E-state index < -0.39 is 0 Å². The van der Waals surface area contributed by atoms with Crippen molar-refractivity contribution in [1.29, 1.82) is 0 Å². The SMILES string of the molecule is CC(C)c1ccc(NCc2ccc3ncccc3c2)cc1. The van der Waals surface area contributed by atoms with Gasteiger partial charge in [-0.3, -0.25) is 4.98 Å². The van der Waals surface area contributed by atoms with E-state index in [1.165, 1.54) is 16.5 Å². The van der Waals surface area contributed by atoms with Crippen LogP contribution in [-0.4, -0.2) is 4.98 Å². The summed E-state index contributed by atoms with van der Waals surface area (Å²) < 4.78 is 0. The molecular formula is C19H20N2. The van der Waals surface area contributed by atoms with Gasteiger partial charge in [-0.1, -0.05) is 38.1 Å². The second-order valence-electron chi connectivity index (χ2n) is 5.66. The molecular weight excluding hydrogens is 256 g/mol. The van der Waals surface area contributed by atoms with Crippen LogP contribution >= 0.6 is 0 Å². The van der Waals surface area contributed by atoms with Crippen molar-refractivity contribution in [2.24, 2.45) is 0 Å². The Morgan fingerprint density at radius 1 is 1.00 bits per heavy atom. The molecule has 0 atom stereocenters. The maximum atomic E-state index is 4.35. The normalized spacial score (nSPS) is 11.0. The molecule has 2 nitrogen and oxygen atoms in total. The predicted molar refractivity (Wildman–Crippen MR) is 89.6 cm³/mol. The number of nitrogens with one attached hydrogen (secondary N) is 1. The molecule has 2 heteroatoms. The number of pyridine rings is 1. The largest absolute Gasteiger partial charge is 0.381 e. The number of fused-ring (bicyclic) bond motifs is 1. The Labute approximate surface area is 125 Å². The summed E-state index contributed by atoms with van der Waals surface area (Å²) >= 11 is 0. The van der Waals surface area contributed by atoms with Crippen LogP contribution in [0.2, 0.25) is 0 Å². The van der Waals surface area contributed by atoms with Gasteiger partial charge in [0.15, 0.2) is 0 Å². The predicted octanol–water partition coefficient (Wildman–Crippen LogP) is 4.97. The van der Waals surface area contributed by atoms with E-state index in [0.29, 0.717) is 5.92 Å². The molecule has 106 valence electrons. The van der Waals surface area contributed by atoms with E-state index in [2.05, 4.69) is 72.7 Å². The molecule has 0 aliphatic heterocycles. The first-order valence-corrected chi connectivity index (χ1v) is 7.40. The number of hydrogen-bond acceptors (Lipinski definition) is 2. The van der Waals surface area contributed by atoms with Crippen molar-refractivity contribution in [3.63, 3.8) is 0 Å². The summed E-state index contributed by atoms with van der Waals surface area (Å²) in [5.74, 6) is 0.576. The summed E-state index contributed by atoms with van der Waals surface area (Å²) in [7, 11) is 0. The lowest BCUT2D eigenvalue weighted by atomic mass is 10.0. The molecule has 0 unspecified atom stereocenters. The second kappa shape index (κ2) is 5.96. The van der Waals surface area contributed by atoms with Crippen molar-refractivity contribution in [2.45, 2.75) is 26.3 Å². The van der Waals surface area contributed by atoms with E-state index in [1.807, 2.05) is 12.3 Å². The number of aromatic nitrogens is 1. The van der Waals surface area contributed by atoms with Crippen LogP contribution in [0.3, 0.4) is 0 Å². The minimum atomic E-state index is 0.576. The summed E-state index contributed by atoms with van der Waals surface area (Å²) in [6.07, 6.45) is 1.83. The Bertz CT molecular complexity index is 730. The van der Waals surface area contributed by atoms with Crippen molar-refractivity contribution in [3.05, 3.63) is 71.9 Å². The van der Waals surface area contributed by atoms with Crippen molar-refractivity contribution < 1.29 is 0 Å². The van der Waals surface area contributed by atoms with Gasteiger partial charge in [-0.15, -0.1) is 0 Å². The zero-order valence-electron chi connectivity index (χ0n) is 12.5. The van der Waals surface area contributed by atoms with Gasteiger partial charge in [0.2, 0.25) is 0 Å². The molecule has 3 rings (SSSR count). The molecule has 3 aromatic rings. The molecule has 0 amide bonds. The Morgan fingerprint density at radius 2 is 1.81 bits per heavy atom. The first-order valence-electron chi connectivity index (χ1n) is 7.40. The summed E-state index contributed by atoms with van der Waals surface area (Å²) in [5.41, 5.74) is 4.84. The Balaban J connectivity index is 1.71. The van der Waals surface area contributed by atoms with Crippen molar-refractivity contribution >= 4 is 16.6 Å². The van der Waals surface area contributed by atoms with Gasteiger partial charge in [-0.05, 0) is 47.4 Å². The fourth-order valence-electron chi connectivity index (χ4n) is 2.43. The Morgan fingerprint density at radius 3 is 2.57 bits per heavy atom. The van der Waals surface area contributed by atoms with E-state index in [-0.39, 0.29) is 0 Å². The van der Waals surface area contributed by atoms with Gasteiger partial charge < -0.3 is 5.32 Å². The van der Waals surface area contributed by atoms with Crippen molar-refractivity contribution in [1.82, 2.24) is 4.98 Å². The molecule has 0 saturated carbocycles. The van der Waals surface area contributed by atoms with E-state index in [0.717, 1.165) is 17.7 Å². The second-order valence-corrected chi connectivity index (χ2v) is 5.66. The van der Waals surface area contributed by atoms with Crippen molar-refractivity contribution in [3.8, 4) is 0 Å². The molecule has 0 radical (unpaired) electrons. The van der Waals surface area contributed by atoms with E-state index >= 15 is 0 Å². The molecule has 0 fully saturated rings. The fourth-order valence-corrected chi connectivity index (χ4v) is 2.43. The molecule has 2 aromatic carbocycles. The Hall–Kier alpha value is -2.35. The van der Waals surface area contributed by atoms with Crippen LogP contribution in [0.1, 0.15) is 30.9 Å². The van der Waals surface area contributed by atoms with E-state index in [1.54, 1.807) is 0 Å². The summed E-state index contributed by atoms with van der Waals surface area (Å²) in [4.78, 5) is 4.35. The zero-order valence-corrected chi connectivity index (χ0v) is 12.5. The lowest BCUT2D eigenvalue weighted by Gasteiger charge is -2.10. The maximum absolute atomic E-state index is 4.35. The smallest absolute Gasteiger partial charge is 0.0702 e. The van der Waals surface area contributed by atoms with Gasteiger partial charge in [-0.25, -0.2) is 0 Å². The van der Waals surface area contributed by atoms with Gasteiger partial charge in [0, 0.05) is 23.8 Å². The molecule has 1 aromatic heterocycles. The average Bonchev–Trinajstić information content (AvgIpc) is 2.53. The minimum absolute atomic E-state index is 0.576. The van der Waals surface area contributed by atoms with Crippen LogP contribution in [0.15, 0.2) is 60.8 Å². The Kier molecular flexibility index (Phi) is 3.87. The third kappa shape index (κ3) is 3.22. The number of anilines is 1. The quantitative estimate of drug-likeness (QED) is 0.727. The fraction of sp³-hybridized carbons (Fsp3) is 0.211. The topological polar surface area (TPSA) is 24.9 Å². The third-order valence-corrected chi connectivity index (χ3v) is 3.74. The lowest BCUT2D eigenvalue weighted by Crippen LogP contribution is -1.99. The number of benzene rings is 2. The molecule has 0 bridgehead atoms. The standard InChI is InChI=1S/C19H20N2/c1-14(2)16-6-8-18(9-7-16)21-13-15-5-10-19-17(12-15)4-3-11-20-19/h3-12,14,21H,13H2,1-2H3. The molecule has 21 heavy (non-hydrogen) atoms. The van der Waals surface area contributed by atoms with Crippen LogP contribution in [-0.2, 0) is 6.54 Å². The number of nitrogens with zero attached hydrogens (tertiary/aromatic N) is 1. The van der Waals surface area contributed by atoms with Crippen molar-refractivity contribution in [2.75, 3.05) is 5.32 Å². The van der Waals surface area contributed by atoms with Gasteiger partial charge in [0.25, 0.3) is 0 Å². The molecule has 1 heterocycles. The molecule has 0 aliphatic carbocycles. The molecule has 0 saturated heterocycles. The van der Waals surface area contributed by atoms with Gasteiger partial charge >= 0.3 is 0 Å². The summed E-state index contributed by atoms with van der Waals surface area (Å²) in [5, 5.41) is 4.66.